The smallest absolute Gasteiger partial charge is 0.127 e. The van der Waals surface area contributed by atoms with Gasteiger partial charge in [-0.15, -0.1) is 5.73 Å². The number of ether oxygens (including phenoxy) is 3. The highest BCUT2D eigenvalue weighted by atomic mass is 16.6. The first-order valence-electron chi connectivity index (χ1n) is 29.5. The van der Waals surface area contributed by atoms with Crippen LogP contribution in [0.1, 0.15) is 216 Å². The van der Waals surface area contributed by atoms with Crippen LogP contribution in [0, 0.1) is 48.3 Å². The van der Waals surface area contributed by atoms with Gasteiger partial charge < -0.3 is 29.5 Å². The summed E-state index contributed by atoms with van der Waals surface area (Å²) < 4.78 is 21.0. The maximum absolute atomic E-state index is 11.1. The molecule has 2 aliphatic carbocycles. The monoisotopic (exact) mass is 1030 g/mol. The molecular formula is C69H104O6. The Morgan fingerprint density at radius 1 is 0.693 bits per heavy atom. The number of hydrogen-bond donors (Lipinski definition) is 3. The van der Waals surface area contributed by atoms with E-state index in [1.807, 2.05) is 13.0 Å². The highest BCUT2D eigenvalue weighted by Gasteiger charge is 2.74. The Morgan fingerprint density at radius 3 is 1.96 bits per heavy atom. The lowest BCUT2D eigenvalue weighted by Gasteiger charge is -2.43. The van der Waals surface area contributed by atoms with Gasteiger partial charge in [0.2, 0.25) is 0 Å². The van der Waals surface area contributed by atoms with Gasteiger partial charge >= 0.3 is 0 Å². The van der Waals surface area contributed by atoms with Gasteiger partial charge in [0, 0.05) is 40.9 Å². The Labute approximate surface area is 457 Å². The van der Waals surface area contributed by atoms with Crippen LogP contribution in [0.25, 0.3) is 0 Å². The summed E-state index contributed by atoms with van der Waals surface area (Å²) in [6.45, 7) is 37.5. The highest BCUT2D eigenvalue weighted by molar-refractivity contribution is 5.61. The van der Waals surface area contributed by atoms with Crippen molar-refractivity contribution in [3.63, 3.8) is 0 Å². The largest absolute Gasteiger partial charge is 0.487 e. The third kappa shape index (κ3) is 14.9. The predicted octanol–water partition coefficient (Wildman–Crippen LogP) is 16.9. The molecule has 0 radical (unpaired) electrons. The lowest BCUT2D eigenvalue weighted by molar-refractivity contribution is -0.0268. The summed E-state index contributed by atoms with van der Waals surface area (Å²) in [6, 6.07) is 0. The average Bonchev–Trinajstić information content (AvgIpc) is 3.92. The molecule has 2 saturated carbocycles. The van der Waals surface area contributed by atoms with Crippen LogP contribution in [0.5, 0.6) is 11.5 Å². The first-order valence-corrected chi connectivity index (χ1v) is 29.5. The normalized spacial score (nSPS) is 31.7. The zero-order valence-electron chi connectivity index (χ0n) is 50.3. The topological polar surface area (TPSA) is 91.7 Å². The number of fused-ring (bicyclic) bond motifs is 4. The van der Waals surface area contributed by atoms with Crippen molar-refractivity contribution < 1.29 is 29.5 Å². The summed E-state index contributed by atoms with van der Waals surface area (Å²) in [4.78, 5) is 0. The molecule has 1 aromatic rings. The molecule has 0 amide bonds. The fourth-order valence-electron chi connectivity index (χ4n) is 13.9. The number of aliphatic hydroxyl groups is 3. The lowest BCUT2D eigenvalue weighted by Crippen LogP contribution is -2.46. The van der Waals surface area contributed by atoms with Crippen molar-refractivity contribution in [3.05, 3.63) is 123 Å². The molecule has 0 spiro atoms. The van der Waals surface area contributed by atoms with Gasteiger partial charge in [-0.25, -0.2) is 0 Å². The molecular weight excluding hydrogens is 925 g/mol. The van der Waals surface area contributed by atoms with Crippen LogP contribution in [0.3, 0.4) is 0 Å². The zero-order valence-corrected chi connectivity index (χ0v) is 50.3. The summed E-state index contributed by atoms with van der Waals surface area (Å²) in [5, 5.41) is 32.1. The van der Waals surface area contributed by atoms with E-state index in [9.17, 15) is 15.3 Å². The quantitative estimate of drug-likeness (QED) is 0.0646. The van der Waals surface area contributed by atoms with E-state index < -0.39 is 17.3 Å². The lowest BCUT2D eigenvalue weighted by atomic mass is 9.63. The molecule has 416 valence electrons. The average molecular weight is 1030 g/mol. The number of epoxide rings is 1. The van der Waals surface area contributed by atoms with E-state index in [0.29, 0.717) is 19.3 Å². The minimum absolute atomic E-state index is 0.0999. The van der Waals surface area contributed by atoms with Gasteiger partial charge in [0.05, 0.1) is 17.8 Å². The van der Waals surface area contributed by atoms with Crippen molar-refractivity contribution in [1.29, 1.82) is 0 Å². The van der Waals surface area contributed by atoms with Crippen molar-refractivity contribution in [2.75, 3.05) is 0 Å². The second kappa shape index (κ2) is 24.6. The minimum Gasteiger partial charge on any atom is -0.487 e. The first kappa shape index (κ1) is 60.6. The summed E-state index contributed by atoms with van der Waals surface area (Å²) in [7, 11) is 0. The van der Waals surface area contributed by atoms with Crippen LogP contribution in [-0.2, 0) is 17.6 Å². The van der Waals surface area contributed by atoms with E-state index in [4.69, 9.17) is 14.2 Å². The Balaban J connectivity index is 1.18. The molecule has 75 heavy (non-hydrogen) atoms. The maximum Gasteiger partial charge on any atom is 0.127 e. The summed E-state index contributed by atoms with van der Waals surface area (Å²) in [5.74, 6) is 4.63. The van der Waals surface area contributed by atoms with Crippen molar-refractivity contribution in [1.82, 2.24) is 0 Å². The third-order valence-electron chi connectivity index (χ3n) is 18.4. The van der Waals surface area contributed by atoms with Gasteiger partial charge in [0.1, 0.15) is 34.4 Å². The van der Waals surface area contributed by atoms with Crippen molar-refractivity contribution >= 4 is 0 Å². The Bertz CT molecular complexity index is 2440. The van der Waals surface area contributed by atoms with E-state index in [2.05, 4.69) is 170 Å². The standard InChI is InChI=1S/C69H104O6/c1-46(2)24-20-26-48(4)28-21-29-49(5)31-23-37-66(15)38-36-58-59-41-55(40-51(7)35-39-69-65(13,14)43-57(71)45-68(69,17)75-69)61(73-62(59)53(9)54(10)63(58)74-66)52(8)32-19-18-25-47(3)27-22-30-50(6)33-34-60-64(11,12)42-56(70)44-67(60,16)72/h18-19,22,25,27,30,32-33,35,39-40,46,48-49,55-57,61,70-72H,20-21,23-24,26,28-29,31,36-38,41-45H2,1-17H3. The number of benzene rings is 1. The molecule has 3 fully saturated rings. The third-order valence-corrected chi connectivity index (χ3v) is 18.4. The van der Waals surface area contributed by atoms with Crippen LogP contribution in [0.15, 0.2) is 100 Å². The fraction of sp³-hybridized carbons (Fsp3) is 0.667. The Kier molecular flexibility index (Phi) is 19.9. The van der Waals surface area contributed by atoms with E-state index in [1.54, 1.807) is 6.92 Å². The van der Waals surface area contributed by atoms with Gasteiger partial charge in [0.25, 0.3) is 0 Å². The molecule has 3 aliphatic heterocycles. The van der Waals surface area contributed by atoms with Gasteiger partial charge in [-0.1, -0.05) is 166 Å². The Hall–Kier alpha value is -3.64. The van der Waals surface area contributed by atoms with Gasteiger partial charge in [0.15, 0.2) is 0 Å². The van der Waals surface area contributed by atoms with Crippen LogP contribution in [0.4, 0.5) is 0 Å². The molecule has 6 heteroatoms. The number of hydrogen-bond acceptors (Lipinski definition) is 6. The second-order valence-electron chi connectivity index (χ2n) is 27.3. The first-order chi connectivity index (χ1) is 35.0. The van der Waals surface area contributed by atoms with Gasteiger partial charge in [-0.2, -0.15) is 0 Å². The van der Waals surface area contributed by atoms with Crippen molar-refractivity contribution in [2.45, 2.75) is 261 Å². The Morgan fingerprint density at radius 2 is 1.31 bits per heavy atom. The molecule has 6 rings (SSSR count). The number of aliphatic hydroxyl groups excluding tert-OH is 2. The molecule has 3 N–H and O–H groups in total. The van der Waals surface area contributed by atoms with Crippen LogP contribution in [0.2, 0.25) is 0 Å². The number of rotatable bonds is 21. The zero-order chi connectivity index (χ0) is 55.3. The molecule has 0 bridgehead atoms. The van der Waals surface area contributed by atoms with Crippen molar-refractivity contribution in [3.8, 4) is 11.5 Å². The van der Waals surface area contributed by atoms with E-state index in [-0.39, 0.29) is 40.2 Å². The van der Waals surface area contributed by atoms with Gasteiger partial charge in [-0.05, 0) is 165 Å². The SMILES string of the molecule is CC(C=C=C1C(C)(C)CC(O)CC1(C)O)=CC=CC(C)=CC=CC=C(C)C1Oc2c(C)c(C)c3c(c2CC1C=C(C)C=CC12OC1(C)CC(O)CC2(C)C)CCC(C)(CCCC(C)CCCC(C)CCCC(C)C)O3. The molecule has 10 unspecified atom stereocenters. The second-order valence-corrected chi connectivity index (χ2v) is 27.3. The molecule has 0 aromatic heterocycles. The molecule has 6 nitrogen and oxygen atoms in total. The van der Waals surface area contributed by atoms with E-state index in [0.717, 1.165) is 78.1 Å². The predicted molar refractivity (Wildman–Crippen MR) is 315 cm³/mol. The minimum atomic E-state index is -1.08. The van der Waals surface area contributed by atoms with Crippen molar-refractivity contribution in [2.24, 2.45) is 34.5 Å². The van der Waals surface area contributed by atoms with Crippen LogP contribution < -0.4 is 9.47 Å². The molecule has 1 aromatic carbocycles. The fourth-order valence-corrected chi connectivity index (χ4v) is 13.9. The summed E-state index contributed by atoms with van der Waals surface area (Å²) in [6.07, 6.45) is 39.6. The summed E-state index contributed by atoms with van der Waals surface area (Å²) >= 11 is 0. The molecule has 3 heterocycles. The van der Waals surface area contributed by atoms with Gasteiger partial charge in [-0.3, -0.25) is 0 Å². The molecule has 1 saturated heterocycles. The van der Waals surface area contributed by atoms with Crippen LogP contribution >= 0.6 is 0 Å². The van der Waals surface area contributed by atoms with E-state index in [1.165, 1.54) is 84.8 Å². The summed E-state index contributed by atoms with van der Waals surface area (Å²) in [5.41, 5.74) is 11.3. The van der Waals surface area contributed by atoms with E-state index >= 15 is 0 Å². The highest BCUT2D eigenvalue weighted by Crippen LogP contribution is 2.66. The van der Waals surface area contributed by atoms with Crippen LogP contribution in [-0.4, -0.2) is 56.0 Å². The molecule has 5 aliphatic rings. The maximum atomic E-state index is 11.1. The number of allylic oxidation sites excluding steroid dienone is 11. The molecule has 10 atom stereocenters.